The third kappa shape index (κ3) is 4.36. The smallest absolute Gasteiger partial charge is 0.335 e. The second kappa shape index (κ2) is 7.78. The molecule has 0 radical (unpaired) electrons. The Morgan fingerprint density at radius 1 is 1.26 bits per heavy atom. The molecule has 1 aliphatic heterocycles. The van der Waals surface area contributed by atoms with Crippen LogP contribution in [0.25, 0.3) is 0 Å². The monoisotopic (exact) mass is 408 g/mol. The van der Waals surface area contributed by atoms with Gasteiger partial charge < -0.3 is 10.0 Å². The molecule has 1 heterocycles. The third-order valence-electron chi connectivity index (χ3n) is 4.61. The van der Waals surface area contributed by atoms with Gasteiger partial charge in [0.1, 0.15) is 4.90 Å². The second-order valence-electron chi connectivity index (χ2n) is 6.77. The first-order chi connectivity index (χ1) is 12.8. The van der Waals surface area contributed by atoms with E-state index in [9.17, 15) is 18.3 Å². The summed E-state index contributed by atoms with van der Waals surface area (Å²) < 4.78 is 28.2. The highest BCUT2D eigenvalue weighted by Crippen LogP contribution is 2.33. The number of nitrogens with zero attached hydrogens (tertiary/aromatic N) is 1. The largest absolute Gasteiger partial charge is 0.478 e. The molecule has 1 atom stereocenters. The van der Waals surface area contributed by atoms with Crippen molar-refractivity contribution in [3.8, 4) is 0 Å². The molecule has 0 aliphatic carbocycles. The minimum absolute atomic E-state index is 0.0145. The van der Waals surface area contributed by atoms with Crippen molar-refractivity contribution >= 4 is 39.0 Å². The van der Waals surface area contributed by atoms with E-state index in [1.807, 2.05) is 0 Å². The Morgan fingerprint density at radius 2 is 2.00 bits per heavy atom. The third-order valence-corrected chi connectivity index (χ3v) is 6.48. The van der Waals surface area contributed by atoms with Gasteiger partial charge in [-0.05, 0) is 49.1 Å². The van der Waals surface area contributed by atoms with Crippen molar-refractivity contribution in [1.29, 1.82) is 0 Å². The van der Waals surface area contributed by atoms with Crippen molar-refractivity contribution < 1.29 is 18.3 Å². The zero-order chi connectivity index (χ0) is 19.6. The van der Waals surface area contributed by atoms with E-state index in [0.717, 1.165) is 25.9 Å². The number of carboxylic acid groups (broad SMARTS) is 1. The number of benzene rings is 2. The van der Waals surface area contributed by atoms with Gasteiger partial charge >= 0.3 is 5.97 Å². The predicted molar refractivity (Wildman–Crippen MR) is 106 cm³/mol. The maximum absolute atomic E-state index is 12.8. The Bertz CT molecular complexity index is 962. The van der Waals surface area contributed by atoms with E-state index in [1.54, 1.807) is 18.2 Å². The van der Waals surface area contributed by atoms with Crippen molar-refractivity contribution in [3.63, 3.8) is 0 Å². The number of anilines is 2. The van der Waals surface area contributed by atoms with Gasteiger partial charge in [0, 0.05) is 13.1 Å². The molecular weight excluding hydrogens is 388 g/mol. The number of carbonyl (C=O) groups is 1. The van der Waals surface area contributed by atoms with Crippen molar-refractivity contribution in [2.75, 3.05) is 22.7 Å². The second-order valence-corrected chi connectivity index (χ2v) is 8.82. The van der Waals surface area contributed by atoms with Gasteiger partial charge in [-0.15, -0.1) is 0 Å². The first-order valence-corrected chi connectivity index (χ1v) is 10.5. The number of halogens is 1. The maximum Gasteiger partial charge on any atom is 0.335 e. The molecule has 6 nitrogen and oxygen atoms in total. The van der Waals surface area contributed by atoms with E-state index >= 15 is 0 Å². The maximum atomic E-state index is 12.8. The van der Waals surface area contributed by atoms with Crippen LogP contribution in [0.3, 0.4) is 0 Å². The van der Waals surface area contributed by atoms with Crippen LogP contribution >= 0.6 is 11.6 Å². The van der Waals surface area contributed by atoms with Gasteiger partial charge in [0.15, 0.2) is 0 Å². The van der Waals surface area contributed by atoms with E-state index in [2.05, 4.69) is 16.5 Å². The highest BCUT2D eigenvalue weighted by atomic mass is 35.5. The molecule has 1 saturated heterocycles. The van der Waals surface area contributed by atoms with Crippen LogP contribution in [0, 0.1) is 5.92 Å². The van der Waals surface area contributed by atoms with Crippen LogP contribution in [0.1, 0.15) is 30.1 Å². The van der Waals surface area contributed by atoms with Crippen LogP contribution in [0.2, 0.25) is 5.02 Å². The number of sulfonamides is 1. The molecule has 0 amide bonds. The van der Waals surface area contributed by atoms with Crippen molar-refractivity contribution in [1.82, 2.24) is 0 Å². The van der Waals surface area contributed by atoms with E-state index in [-0.39, 0.29) is 21.2 Å². The van der Waals surface area contributed by atoms with Gasteiger partial charge in [-0.1, -0.05) is 30.7 Å². The average molecular weight is 409 g/mol. The first kappa shape index (κ1) is 19.5. The number of piperidine rings is 1. The molecule has 1 unspecified atom stereocenters. The van der Waals surface area contributed by atoms with Crippen molar-refractivity contribution in [2.45, 2.75) is 24.7 Å². The quantitative estimate of drug-likeness (QED) is 0.778. The topological polar surface area (TPSA) is 86.7 Å². The zero-order valence-corrected chi connectivity index (χ0v) is 16.4. The Balaban J connectivity index is 2.03. The van der Waals surface area contributed by atoms with Crippen LogP contribution < -0.4 is 9.62 Å². The lowest BCUT2D eigenvalue weighted by Crippen LogP contribution is -2.35. The van der Waals surface area contributed by atoms with Crippen LogP contribution in [0.5, 0.6) is 0 Å². The number of carboxylic acids is 1. The highest BCUT2D eigenvalue weighted by Gasteiger charge is 2.24. The van der Waals surface area contributed by atoms with Crippen molar-refractivity contribution in [2.24, 2.45) is 5.92 Å². The van der Waals surface area contributed by atoms with Crippen molar-refractivity contribution in [3.05, 3.63) is 53.1 Å². The lowest BCUT2D eigenvalue weighted by atomic mass is 9.99. The van der Waals surface area contributed by atoms with Gasteiger partial charge in [0.2, 0.25) is 0 Å². The fourth-order valence-corrected chi connectivity index (χ4v) is 4.88. The zero-order valence-electron chi connectivity index (χ0n) is 14.9. The Morgan fingerprint density at radius 3 is 2.67 bits per heavy atom. The number of rotatable bonds is 5. The van der Waals surface area contributed by atoms with Gasteiger partial charge in [0.25, 0.3) is 10.0 Å². The summed E-state index contributed by atoms with van der Waals surface area (Å²) in [7, 11) is -3.96. The Hall–Kier alpha value is -2.25. The van der Waals surface area contributed by atoms with E-state index in [0.29, 0.717) is 11.6 Å². The van der Waals surface area contributed by atoms with Gasteiger partial charge in [-0.25, -0.2) is 13.2 Å². The summed E-state index contributed by atoms with van der Waals surface area (Å²) in [6.45, 7) is 3.72. The summed E-state index contributed by atoms with van der Waals surface area (Å²) in [5, 5.41) is 9.40. The molecule has 2 aromatic rings. The highest BCUT2D eigenvalue weighted by molar-refractivity contribution is 7.92. The molecule has 8 heteroatoms. The summed E-state index contributed by atoms with van der Waals surface area (Å²) in [5.74, 6) is -0.641. The fraction of sp³-hybridized carbons (Fsp3) is 0.316. The van der Waals surface area contributed by atoms with Gasteiger partial charge in [-0.2, -0.15) is 0 Å². The van der Waals surface area contributed by atoms with Crippen LogP contribution in [0.4, 0.5) is 11.4 Å². The van der Waals surface area contributed by atoms with E-state index in [4.69, 9.17) is 11.6 Å². The molecule has 0 saturated carbocycles. The molecule has 2 aromatic carbocycles. The molecule has 0 spiro atoms. The molecular formula is C19H21ClN2O4S. The summed E-state index contributed by atoms with van der Waals surface area (Å²) in [6.07, 6.45) is 2.11. The molecule has 2 N–H and O–H groups in total. The Labute approximate surface area is 163 Å². The summed E-state index contributed by atoms with van der Waals surface area (Å²) in [5.41, 5.74) is 0.923. The number of hydrogen-bond donors (Lipinski definition) is 2. The molecule has 0 aromatic heterocycles. The molecule has 1 fully saturated rings. The molecule has 27 heavy (non-hydrogen) atoms. The Kier molecular flexibility index (Phi) is 5.62. The van der Waals surface area contributed by atoms with E-state index in [1.165, 1.54) is 24.3 Å². The standard InChI is InChI=1S/C19H21ClN2O4S/c1-13-5-4-10-22(12-13)17-9-8-14(19(23)24)11-16(17)21-27(25,26)18-7-3-2-6-15(18)20/h2-3,6-9,11,13,21H,4-5,10,12H2,1H3,(H,23,24). The molecule has 144 valence electrons. The SMILES string of the molecule is CC1CCCN(c2ccc(C(=O)O)cc2NS(=O)(=O)c2ccccc2Cl)C1. The average Bonchev–Trinajstić information content (AvgIpc) is 2.61. The number of nitrogens with one attached hydrogen (secondary N) is 1. The molecule has 0 bridgehead atoms. The lowest BCUT2D eigenvalue weighted by Gasteiger charge is -2.34. The number of aromatic carboxylic acids is 1. The first-order valence-electron chi connectivity index (χ1n) is 8.67. The van der Waals surface area contributed by atoms with Gasteiger partial charge in [-0.3, -0.25) is 4.72 Å². The van der Waals surface area contributed by atoms with Gasteiger partial charge in [0.05, 0.1) is 22.0 Å². The summed E-state index contributed by atoms with van der Waals surface area (Å²) in [6, 6.07) is 10.6. The minimum atomic E-state index is -3.96. The van der Waals surface area contributed by atoms with Crippen LogP contribution in [0.15, 0.2) is 47.4 Å². The normalized spacial score (nSPS) is 17.6. The number of hydrogen-bond acceptors (Lipinski definition) is 4. The van der Waals surface area contributed by atoms with E-state index < -0.39 is 16.0 Å². The summed E-state index contributed by atoms with van der Waals surface area (Å²) >= 11 is 6.04. The molecule has 1 aliphatic rings. The fourth-order valence-electron chi connectivity index (χ4n) is 3.30. The predicted octanol–water partition coefficient (Wildman–Crippen LogP) is 4.08. The van der Waals surface area contributed by atoms with Crippen LogP contribution in [-0.2, 0) is 10.0 Å². The van der Waals surface area contributed by atoms with Crippen LogP contribution in [-0.4, -0.2) is 32.6 Å². The minimum Gasteiger partial charge on any atom is -0.478 e. The summed E-state index contributed by atoms with van der Waals surface area (Å²) in [4.78, 5) is 13.4. The molecule has 3 rings (SSSR count). The lowest BCUT2D eigenvalue weighted by molar-refractivity contribution is 0.0697.